The van der Waals surface area contributed by atoms with Gasteiger partial charge in [-0.2, -0.15) is 4.98 Å². The maximum Gasteiger partial charge on any atom is 0.236 e. The molecule has 0 saturated heterocycles. The second-order valence-corrected chi connectivity index (χ2v) is 5.99. The third kappa shape index (κ3) is 3.13. The van der Waals surface area contributed by atoms with Gasteiger partial charge < -0.3 is 9.42 Å². The highest BCUT2D eigenvalue weighted by molar-refractivity contribution is 5.78. The summed E-state index contributed by atoms with van der Waals surface area (Å²) in [5.74, 6) is 0.851. The second-order valence-electron chi connectivity index (χ2n) is 5.99. The number of nitrogens with zero attached hydrogens (tertiary/aromatic N) is 5. The third-order valence-corrected chi connectivity index (χ3v) is 4.27. The number of amides is 1. The van der Waals surface area contributed by atoms with Crippen LogP contribution in [0.2, 0.25) is 0 Å². The van der Waals surface area contributed by atoms with Crippen LogP contribution in [0.5, 0.6) is 0 Å². The van der Waals surface area contributed by atoms with E-state index in [0.29, 0.717) is 31.2 Å². The first-order valence-electron chi connectivity index (χ1n) is 8.16. The Kier molecular flexibility index (Phi) is 3.97. The molecule has 0 bridgehead atoms. The van der Waals surface area contributed by atoms with Crippen LogP contribution in [-0.4, -0.2) is 37.5 Å². The van der Waals surface area contributed by atoms with Gasteiger partial charge in [-0.3, -0.25) is 4.79 Å². The van der Waals surface area contributed by atoms with Crippen LogP contribution in [0, 0.1) is 6.92 Å². The van der Waals surface area contributed by atoms with E-state index in [1.807, 2.05) is 30.3 Å². The van der Waals surface area contributed by atoms with Gasteiger partial charge in [-0.15, -0.1) is 0 Å². The highest BCUT2D eigenvalue weighted by Crippen LogP contribution is 2.27. The van der Waals surface area contributed by atoms with Gasteiger partial charge in [0.25, 0.3) is 0 Å². The van der Waals surface area contributed by atoms with Gasteiger partial charge in [-0.1, -0.05) is 35.5 Å². The lowest BCUT2D eigenvalue weighted by Gasteiger charge is -2.29. The molecular weight excluding hydrogens is 318 g/mol. The zero-order chi connectivity index (χ0) is 17.2. The first-order chi connectivity index (χ1) is 12.2. The Labute approximate surface area is 144 Å². The summed E-state index contributed by atoms with van der Waals surface area (Å²) in [7, 11) is 0. The molecule has 7 heteroatoms. The number of rotatable bonds is 3. The number of hydrogen-bond donors (Lipinski definition) is 0. The molecule has 0 atom stereocenters. The van der Waals surface area contributed by atoms with Crippen LogP contribution in [0.25, 0.3) is 11.3 Å². The standard InChI is InChI=1S/C18H17N5O2/c1-12-21-16(25-22-12)9-17(24)23-8-7-15-14(10-23)18(20-11-19-15)13-5-3-2-4-6-13/h2-6,11H,7-10H2,1H3. The summed E-state index contributed by atoms with van der Waals surface area (Å²) >= 11 is 0. The van der Waals surface area contributed by atoms with E-state index in [9.17, 15) is 4.79 Å². The van der Waals surface area contributed by atoms with E-state index in [0.717, 1.165) is 22.5 Å². The first kappa shape index (κ1) is 15.4. The highest BCUT2D eigenvalue weighted by atomic mass is 16.5. The molecule has 0 aliphatic carbocycles. The fourth-order valence-corrected chi connectivity index (χ4v) is 3.05. The van der Waals surface area contributed by atoms with Crippen molar-refractivity contribution in [2.75, 3.05) is 6.54 Å². The fraction of sp³-hybridized carbons (Fsp3) is 0.278. The van der Waals surface area contributed by atoms with Gasteiger partial charge in [0.05, 0.1) is 11.4 Å². The molecule has 1 aliphatic heterocycles. The molecular formula is C18H17N5O2. The lowest BCUT2D eigenvalue weighted by molar-refractivity contribution is -0.131. The van der Waals surface area contributed by atoms with Gasteiger partial charge in [-0.05, 0) is 6.92 Å². The van der Waals surface area contributed by atoms with Crippen molar-refractivity contribution in [2.24, 2.45) is 0 Å². The minimum Gasteiger partial charge on any atom is -0.339 e. The molecule has 0 unspecified atom stereocenters. The van der Waals surface area contributed by atoms with Gasteiger partial charge in [0.2, 0.25) is 11.8 Å². The van der Waals surface area contributed by atoms with E-state index >= 15 is 0 Å². The second kappa shape index (κ2) is 6.43. The molecule has 1 aromatic carbocycles. The Morgan fingerprint density at radius 3 is 2.84 bits per heavy atom. The van der Waals surface area contributed by atoms with Crippen LogP contribution in [0.3, 0.4) is 0 Å². The summed E-state index contributed by atoms with van der Waals surface area (Å²) in [6.07, 6.45) is 2.43. The van der Waals surface area contributed by atoms with Crippen molar-refractivity contribution < 1.29 is 9.32 Å². The summed E-state index contributed by atoms with van der Waals surface area (Å²) < 4.78 is 5.05. The topological polar surface area (TPSA) is 85.0 Å². The monoisotopic (exact) mass is 335 g/mol. The molecule has 3 aromatic rings. The smallest absolute Gasteiger partial charge is 0.236 e. The molecule has 1 amide bonds. The van der Waals surface area contributed by atoms with Crippen molar-refractivity contribution in [2.45, 2.75) is 26.3 Å². The number of benzene rings is 1. The SMILES string of the molecule is Cc1noc(CC(=O)N2CCc3ncnc(-c4ccccc4)c3C2)n1. The van der Waals surface area contributed by atoms with E-state index in [4.69, 9.17) is 4.52 Å². The fourth-order valence-electron chi connectivity index (χ4n) is 3.05. The molecule has 4 rings (SSSR count). The van der Waals surface area contributed by atoms with Crippen molar-refractivity contribution in [3.8, 4) is 11.3 Å². The molecule has 25 heavy (non-hydrogen) atoms. The zero-order valence-corrected chi connectivity index (χ0v) is 13.8. The van der Waals surface area contributed by atoms with E-state index in [1.54, 1.807) is 18.2 Å². The quantitative estimate of drug-likeness (QED) is 0.727. The van der Waals surface area contributed by atoms with Crippen molar-refractivity contribution >= 4 is 5.91 Å². The molecule has 0 saturated carbocycles. The molecule has 7 nitrogen and oxygen atoms in total. The Balaban J connectivity index is 1.59. The largest absolute Gasteiger partial charge is 0.339 e. The summed E-state index contributed by atoms with van der Waals surface area (Å²) in [5, 5.41) is 3.73. The highest BCUT2D eigenvalue weighted by Gasteiger charge is 2.25. The molecule has 3 heterocycles. The maximum atomic E-state index is 12.6. The van der Waals surface area contributed by atoms with Crippen molar-refractivity contribution in [1.29, 1.82) is 0 Å². The van der Waals surface area contributed by atoms with Crippen molar-refractivity contribution in [1.82, 2.24) is 25.0 Å². The molecule has 126 valence electrons. The lowest BCUT2D eigenvalue weighted by atomic mass is 9.99. The van der Waals surface area contributed by atoms with Gasteiger partial charge in [0, 0.05) is 30.6 Å². The summed E-state index contributed by atoms with van der Waals surface area (Å²) in [6, 6.07) is 9.97. The van der Waals surface area contributed by atoms with Gasteiger partial charge in [0.15, 0.2) is 5.82 Å². The Hall–Kier alpha value is -3.09. The molecule has 0 N–H and O–H groups in total. The summed E-state index contributed by atoms with van der Waals surface area (Å²) in [5.41, 5.74) is 3.93. The lowest BCUT2D eigenvalue weighted by Crippen LogP contribution is -2.37. The Morgan fingerprint density at radius 2 is 2.08 bits per heavy atom. The van der Waals surface area contributed by atoms with Gasteiger partial charge in [-0.25, -0.2) is 9.97 Å². The number of carbonyl (C=O) groups is 1. The van der Waals surface area contributed by atoms with Crippen molar-refractivity contribution in [3.63, 3.8) is 0 Å². The van der Waals surface area contributed by atoms with Crippen LogP contribution >= 0.6 is 0 Å². The average molecular weight is 335 g/mol. The van der Waals surface area contributed by atoms with Crippen LogP contribution < -0.4 is 0 Å². The van der Waals surface area contributed by atoms with E-state index in [-0.39, 0.29) is 12.3 Å². The molecule has 1 aliphatic rings. The van der Waals surface area contributed by atoms with Crippen LogP contribution in [0.15, 0.2) is 41.2 Å². The van der Waals surface area contributed by atoms with Gasteiger partial charge in [0.1, 0.15) is 12.7 Å². The Morgan fingerprint density at radius 1 is 1.24 bits per heavy atom. The number of fused-ring (bicyclic) bond motifs is 1. The minimum absolute atomic E-state index is 0.0304. The average Bonchev–Trinajstić information content (AvgIpc) is 3.06. The van der Waals surface area contributed by atoms with E-state index < -0.39 is 0 Å². The molecule has 0 spiro atoms. The van der Waals surface area contributed by atoms with Crippen LogP contribution in [0.1, 0.15) is 23.0 Å². The normalized spacial score (nSPS) is 13.6. The van der Waals surface area contributed by atoms with E-state index in [2.05, 4.69) is 20.1 Å². The Bertz CT molecular complexity index is 907. The van der Waals surface area contributed by atoms with E-state index in [1.165, 1.54) is 0 Å². The van der Waals surface area contributed by atoms with Crippen LogP contribution in [-0.2, 0) is 24.2 Å². The predicted octanol–water partition coefficient (Wildman–Crippen LogP) is 1.96. The molecule has 0 fully saturated rings. The number of carbonyl (C=O) groups excluding carboxylic acids is 1. The van der Waals surface area contributed by atoms with Crippen LogP contribution in [0.4, 0.5) is 0 Å². The third-order valence-electron chi connectivity index (χ3n) is 4.27. The van der Waals surface area contributed by atoms with Gasteiger partial charge >= 0.3 is 0 Å². The number of aryl methyl sites for hydroxylation is 1. The zero-order valence-electron chi connectivity index (χ0n) is 13.8. The summed E-state index contributed by atoms with van der Waals surface area (Å²) in [6.45, 7) is 2.86. The minimum atomic E-state index is -0.0304. The van der Waals surface area contributed by atoms with Crippen molar-refractivity contribution in [3.05, 3.63) is 59.6 Å². The molecule has 2 aromatic heterocycles. The first-order valence-corrected chi connectivity index (χ1v) is 8.16. The molecule has 0 radical (unpaired) electrons. The maximum absolute atomic E-state index is 12.6. The summed E-state index contributed by atoms with van der Waals surface area (Å²) in [4.78, 5) is 27.3. The predicted molar refractivity (Wildman–Crippen MR) is 89.3 cm³/mol. The number of hydrogen-bond acceptors (Lipinski definition) is 6. The number of aromatic nitrogens is 4.